The van der Waals surface area contributed by atoms with E-state index in [0.717, 1.165) is 18.0 Å². The molecule has 0 rings (SSSR count). The van der Waals surface area contributed by atoms with Gasteiger partial charge in [-0.3, -0.25) is 4.99 Å². The molecule has 0 aliphatic rings. The highest BCUT2D eigenvalue weighted by Crippen LogP contribution is 2.24. The van der Waals surface area contributed by atoms with Gasteiger partial charge in [-0.05, 0) is 32.8 Å². The molecule has 0 bridgehead atoms. The van der Waals surface area contributed by atoms with Crippen molar-refractivity contribution in [3.63, 3.8) is 0 Å². The van der Waals surface area contributed by atoms with Gasteiger partial charge in [0.05, 0.1) is 11.4 Å². The van der Waals surface area contributed by atoms with Crippen molar-refractivity contribution in [1.82, 2.24) is 10.2 Å². The Labute approximate surface area is 112 Å². The maximum atomic E-state index is 4.29. The fraction of sp³-hybridized carbons (Fsp3) is 0.533. The number of hydrogen-bond donors (Lipinski definition) is 1. The number of hydrogen-bond acceptors (Lipinski definition) is 3. The highest BCUT2D eigenvalue weighted by molar-refractivity contribution is 6.00. The Morgan fingerprint density at radius 1 is 1.44 bits per heavy atom. The lowest BCUT2D eigenvalue weighted by Crippen LogP contribution is -2.47. The molecule has 0 aromatic rings. The molecule has 0 heterocycles. The second-order valence-electron chi connectivity index (χ2n) is 4.80. The third kappa shape index (κ3) is 4.06. The summed E-state index contributed by atoms with van der Waals surface area (Å²) in [7, 11) is 5.76. The van der Waals surface area contributed by atoms with Gasteiger partial charge in [-0.1, -0.05) is 18.7 Å². The van der Waals surface area contributed by atoms with E-state index < -0.39 is 0 Å². The highest BCUT2D eigenvalue weighted by atomic mass is 15.2. The predicted molar refractivity (Wildman–Crippen MR) is 82.0 cm³/mol. The molecule has 1 N–H and O–H groups in total. The van der Waals surface area contributed by atoms with Crippen molar-refractivity contribution in [3.8, 4) is 0 Å². The van der Waals surface area contributed by atoms with Gasteiger partial charge in [0, 0.05) is 26.9 Å². The van der Waals surface area contributed by atoms with E-state index in [2.05, 4.69) is 36.5 Å². The summed E-state index contributed by atoms with van der Waals surface area (Å²) in [5, 5.41) is 3.47. The van der Waals surface area contributed by atoms with E-state index in [1.54, 1.807) is 0 Å². The van der Waals surface area contributed by atoms with Crippen LogP contribution in [0.3, 0.4) is 0 Å². The van der Waals surface area contributed by atoms with Gasteiger partial charge in [0.1, 0.15) is 0 Å². The minimum absolute atomic E-state index is 0.235. The van der Waals surface area contributed by atoms with E-state index in [9.17, 15) is 0 Å². The van der Waals surface area contributed by atoms with E-state index in [-0.39, 0.29) is 5.54 Å². The molecule has 0 saturated heterocycles. The zero-order valence-electron chi connectivity index (χ0n) is 12.7. The standard InChI is InChI=1S/C15H27N3/c1-9-11-15(5,17-13(4)18(7)8)14(10-2)12(3)16-6/h9-10,17H,1,4,11H2,2-3,5-8H3/b14-10+,16-12?/t15-/m0/s1. The van der Waals surface area contributed by atoms with E-state index in [1.807, 2.05) is 46.0 Å². The van der Waals surface area contributed by atoms with Gasteiger partial charge in [0.15, 0.2) is 0 Å². The van der Waals surface area contributed by atoms with Crippen LogP contribution in [0.4, 0.5) is 0 Å². The number of nitrogens with zero attached hydrogens (tertiary/aromatic N) is 2. The first kappa shape index (κ1) is 16.5. The molecular weight excluding hydrogens is 222 g/mol. The van der Waals surface area contributed by atoms with E-state index in [1.165, 1.54) is 5.57 Å². The number of rotatable bonds is 7. The zero-order chi connectivity index (χ0) is 14.3. The molecule has 0 aromatic heterocycles. The lowest BCUT2D eigenvalue weighted by atomic mass is 9.85. The highest BCUT2D eigenvalue weighted by Gasteiger charge is 2.29. The van der Waals surface area contributed by atoms with E-state index in [4.69, 9.17) is 0 Å². The molecule has 3 nitrogen and oxygen atoms in total. The van der Waals surface area contributed by atoms with Gasteiger partial charge in [0.2, 0.25) is 0 Å². The minimum Gasteiger partial charge on any atom is -0.365 e. The van der Waals surface area contributed by atoms with Crippen molar-refractivity contribution in [1.29, 1.82) is 0 Å². The van der Waals surface area contributed by atoms with Gasteiger partial charge < -0.3 is 10.2 Å². The Bertz CT molecular complexity index is 364. The van der Waals surface area contributed by atoms with Crippen LogP contribution < -0.4 is 5.32 Å². The molecule has 0 saturated carbocycles. The van der Waals surface area contributed by atoms with Gasteiger partial charge in [0.25, 0.3) is 0 Å². The number of nitrogens with one attached hydrogen (secondary N) is 1. The summed E-state index contributed by atoms with van der Waals surface area (Å²) in [4.78, 5) is 6.26. The second kappa shape index (κ2) is 7.04. The maximum absolute atomic E-state index is 4.29. The topological polar surface area (TPSA) is 27.6 Å². The first-order valence-corrected chi connectivity index (χ1v) is 6.18. The first-order valence-electron chi connectivity index (χ1n) is 6.18. The summed E-state index contributed by atoms with van der Waals surface area (Å²) in [6.07, 6.45) is 4.83. The van der Waals surface area contributed by atoms with Crippen LogP contribution in [0.25, 0.3) is 0 Å². The molecule has 3 heteroatoms. The van der Waals surface area contributed by atoms with Crippen LogP contribution in [-0.4, -0.2) is 37.3 Å². The van der Waals surface area contributed by atoms with Crippen LogP contribution in [0.1, 0.15) is 27.2 Å². The molecule has 102 valence electrons. The lowest BCUT2D eigenvalue weighted by Gasteiger charge is -2.36. The van der Waals surface area contributed by atoms with Crippen molar-refractivity contribution in [2.75, 3.05) is 21.1 Å². The largest absolute Gasteiger partial charge is 0.365 e. The first-order chi connectivity index (χ1) is 8.32. The van der Waals surface area contributed by atoms with Crippen LogP contribution in [-0.2, 0) is 0 Å². The van der Waals surface area contributed by atoms with Gasteiger partial charge in [-0.15, -0.1) is 6.58 Å². The molecule has 0 unspecified atom stereocenters. The average Bonchev–Trinajstić information content (AvgIpc) is 2.29. The number of allylic oxidation sites excluding steroid dienone is 1. The maximum Gasteiger partial charge on any atom is 0.0940 e. The van der Waals surface area contributed by atoms with Gasteiger partial charge in [-0.25, -0.2) is 0 Å². The van der Waals surface area contributed by atoms with Crippen molar-refractivity contribution < 1.29 is 0 Å². The summed E-state index contributed by atoms with van der Waals surface area (Å²) in [6.45, 7) is 14.1. The Morgan fingerprint density at radius 2 is 2.00 bits per heavy atom. The predicted octanol–water partition coefficient (Wildman–Crippen LogP) is 2.98. The number of aliphatic imine (C=N–C) groups is 1. The second-order valence-corrected chi connectivity index (χ2v) is 4.80. The van der Waals surface area contributed by atoms with Crippen LogP contribution >= 0.6 is 0 Å². The van der Waals surface area contributed by atoms with Crippen LogP contribution in [0.5, 0.6) is 0 Å². The Hall–Kier alpha value is -1.51. The Morgan fingerprint density at radius 3 is 2.33 bits per heavy atom. The Kier molecular flexibility index (Phi) is 6.45. The smallest absolute Gasteiger partial charge is 0.0940 e. The molecule has 18 heavy (non-hydrogen) atoms. The van der Waals surface area contributed by atoms with Crippen molar-refractivity contribution >= 4 is 5.71 Å². The summed E-state index contributed by atoms with van der Waals surface area (Å²) >= 11 is 0. The summed E-state index contributed by atoms with van der Waals surface area (Å²) in [6, 6.07) is 0. The average molecular weight is 249 g/mol. The van der Waals surface area contributed by atoms with Crippen molar-refractivity contribution in [2.45, 2.75) is 32.7 Å². The Balaban J connectivity index is 5.37. The third-order valence-electron chi connectivity index (χ3n) is 3.12. The molecule has 0 radical (unpaired) electrons. The SMILES string of the molecule is C=CC[C@](C)(NC(=C)N(C)C)/C(=C/C)C(C)=NC. The van der Waals surface area contributed by atoms with Crippen LogP contribution in [0.15, 0.2) is 41.7 Å². The van der Waals surface area contributed by atoms with E-state index >= 15 is 0 Å². The minimum atomic E-state index is -0.235. The quantitative estimate of drug-likeness (QED) is 0.555. The normalized spacial score (nSPS) is 15.9. The lowest BCUT2D eigenvalue weighted by molar-refractivity contribution is 0.381. The molecule has 0 fully saturated rings. The fourth-order valence-electron chi connectivity index (χ4n) is 1.99. The molecule has 0 amide bonds. The fourth-order valence-corrected chi connectivity index (χ4v) is 1.99. The van der Waals surface area contributed by atoms with Crippen LogP contribution in [0, 0.1) is 0 Å². The van der Waals surface area contributed by atoms with Gasteiger partial charge >= 0.3 is 0 Å². The third-order valence-corrected chi connectivity index (χ3v) is 3.12. The monoisotopic (exact) mass is 249 g/mol. The summed E-state index contributed by atoms with van der Waals surface area (Å²) in [5.74, 6) is 0.877. The zero-order valence-corrected chi connectivity index (χ0v) is 12.7. The van der Waals surface area contributed by atoms with Crippen LogP contribution in [0.2, 0.25) is 0 Å². The molecule has 0 aliphatic heterocycles. The van der Waals surface area contributed by atoms with E-state index in [0.29, 0.717) is 0 Å². The van der Waals surface area contributed by atoms with Gasteiger partial charge in [-0.2, -0.15) is 0 Å². The van der Waals surface area contributed by atoms with Crippen molar-refractivity contribution in [3.05, 3.63) is 36.7 Å². The summed E-state index contributed by atoms with van der Waals surface area (Å²) in [5.41, 5.74) is 1.97. The molecule has 0 aliphatic carbocycles. The summed E-state index contributed by atoms with van der Waals surface area (Å²) < 4.78 is 0. The molecule has 0 aromatic carbocycles. The molecule has 1 atom stereocenters. The molecular formula is C15H27N3. The van der Waals surface area contributed by atoms with Crippen molar-refractivity contribution in [2.24, 2.45) is 4.99 Å². The molecule has 0 spiro atoms.